The fraction of sp³-hybridized carbons (Fsp3) is 1.00. The summed E-state index contributed by atoms with van der Waals surface area (Å²) >= 11 is 1.85. The van der Waals surface area contributed by atoms with Gasteiger partial charge in [0.25, 0.3) is 0 Å². The Morgan fingerprint density at radius 3 is 2.72 bits per heavy atom. The Balaban J connectivity index is 1.80. The third kappa shape index (κ3) is 4.40. The largest absolute Gasteiger partial charge is 0.313 e. The van der Waals surface area contributed by atoms with Crippen molar-refractivity contribution in [3.05, 3.63) is 0 Å². The summed E-state index contributed by atoms with van der Waals surface area (Å²) < 4.78 is 27.1. The average Bonchev–Trinajstić information content (AvgIpc) is 2.76. The van der Waals surface area contributed by atoms with Crippen LogP contribution in [0.4, 0.5) is 0 Å². The maximum absolute atomic E-state index is 12.1. The number of nitrogens with one attached hydrogen (secondary N) is 2. The van der Waals surface area contributed by atoms with Gasteiger partial charge in [0.15, 0.2) is 0 Å². The van der Waals surface area contributed by atoms with E-state index in [0.29, 0.717) is 5.25 Å². The highest BCUT2D eigenvalue weighted by Gasteiger charge is 2.29. The van der Waals surface area contributed by atoms with Crippen LogP contribution in [0.2, 0.25) is 0 Å². The molecule has 2 fully saturated rings. The summed E-state index contributed by atoms with van der Waals surface area (Å²) in [4.78, 5) is 0. The molecule has 0 radical (unpaired) electrons. The van der Waals surface area contributed by atoms with Gasteiger partial charge in [0.05, 0.1) is 5.75 Å². The van der Waals surface area contributed by atoms with Gasteiger partial charge >= 0.3 is 0 Å². The molecule has 2 aliphatic rings. The van der Waals surface area contributed by atoms with Crippen LogP contribution in [0.25, 0.3) is 0 Å². The molecule has 0 spiro atoms. The molecule has 2 rings (SSSR count). The number of thioether (sulfide) groups is 1. The van der Waals surface area contributed by atoms with Gasteiger partial charge in [-0.3, -0.25) is 0 Å². The zero-order valence-electron chi connectivity index (χ0n) is 11.0. The second kappa shape index (κ2) is 6.59. The first-order valence-corrected chi connectivity index (χ1v) is 9.79. The highest BCUT2D eigenvalue weighted by molar-refractivity contribution is 7.99. The molecule has 0 bridgehead atoms. The van der Waals surface area contributed by atoms with Crippen LogP contribution in [0.1, 0.15) is 38.5 Å². The summed E-state index contributed by atoms with van der Waals surface area (Å²) in [5, 5.41) is 3.93. The van der Waals surface area contributed by atoms with Crippen LogP contribution in [-0.4, -0.2) is 44.3 Å². The topological polar surface area (TPSA) is 58.2 Å². The Morgan fingerprint density at radius 2 is 2.11 bits per heavy atom. The number of piperidine rings is 1. The second-order valence-electron chi connectivity index (χ2n) is 5.41. The van der Waals surface area contributed by atoms with E-state index in [1.165, 1.54) is 6.42 Å². The van der Waals surface area contributed by atoms with E-state index in [1.54, 1.807) is 0 Å². The van der Waals surface area contributed by atoms with E-state index in [4.69, 9.17) is 0 Å². The zero-order valence-corrected chi connectivity index (χ0v) is 12.7. The lowest BCUT2D eigenvalue weighted by molar-refractivity contribution is 0.421. The van der Waals surface area contributed by atoms with Gasteiger partial charge in [-0.25, -0.2) is 13.1 Å². The third-order valence-electron chi connectivity index (χ3n) is 3.90. The highest BCUT2D eigenvalue weighted by atomic mass is 32.2. The highest BCUT2D eigenvalue weighted by Crippen LogP contribution is 2.28. The van der Waals surface area contributed by atoms with E-state index in [-0.39, 0.29) is 17.8 Å². The van der Waals surface area contributed by atoms with E-state index < -0.39 is 10.0 Å². The molecule has 0 aromatic heterocycles. The van der Waals surface area contributed by atoms with Gasteiger partial charge in [0.2, 0.25) is 10.0 Å². The van der Waals surface area contributed by atoms with Crippen LogP contribution in [-0.2, 0) is 10.0 Å². The quantitative estimate of drug-likeness (QED) is 0.803. The molecule has 1 heterocycles. The molecule has 4 nitrogen and oxygen atoms in total. The molecule has 3 unspecified atom stereocenters. The summed E-state index contributed by atoms with van der Waals surface area (Å²) in [6.45, 7) is 0.957. The number of hydrogen-bond donors (Lipinski definition) is 2. The number of sulfonamides is 1. The molecule has 2 N–H and O–H groups in total. The molecule has 6 heteroatoms. The Bertz CT molecular complexity index is 353. The fourth-order valence-corrected chi connectivity index (χ4v) is 5.32. The van der Waals surface area contributed by atoms with Crippen LogP contribution in [0, 0.1) is 0 Å². The molecule has 1 saturated carbocycles. The van der Waals surface area contributed by atoms with Crippen molar-refractivity contribution < 1.29 is 8.42 Å². The molecule has 0 aromatic carbocycles. The maximum atomic E-state index is 12.1. The van der Waals surface area contributed by atoms with Crippen molar-refractivity contribution in [2.75, 3.05) is 18.6 Å². The van der Waals surface area contributed by atoms with Crippen LogP contribution in [0.3, 0.4) is 0 Å². The fourth-order valence-electron chi connectivity index (χ4n) is 2.89. The normalized spacial score (nSPS) is 33.7. The lowest BCUT2D eigenvalue weighted by atomic mass is 10.1. The Kier molecular flexibility index (Phi) is 5.35. The van der Waals surface area contributed by atoms with Gasteiger partial charge in [-0.1, -0.05) is 6.42 Å². The van der Waals surface area contributed by atoms with Crippen LogP contribution < -0.4 is 10.0 Å². The first-order valence-electron chi connectivity index (χ1n) is 6.85. The molecule has 0 amide bonds. The van der Waals surface area contributed by atoms with Gasteiger partial charge in [-0.15, -0.1) is 0 Å². The minimum Gasteiger partial charge on any atom is -0.313 e. The molecule has 1 saturated heterocycles. The molecule has 1 aliphatic carbocycles. The minimum atomic E-state index is -3.12. The molecular formula is C12H24N2O2S2. The van der Waals surface area contributed by atoms with E-state index in [0.717, 1.165) is 38.6 Å². The summed E-state index contributed by atoms with van der Waals surface area (Å²) in [7, 11) is -3.12. The lowest BCUT2D eigenvalue weighted by Crippen LogP contribution is -2.44. The first kappa shape index (κ1) is 14.6. The lowest BCUT2D eigenvalue weighted by Gasteiger charge is -2.24. The van der Waals surface area contributed by atoms with Gasteiger partial charge < -0.3 is 5.32 Å². The van der Waals surface area contributed by atoms with E-state index in [1.807, 2.05) is 11.8 Å². The molecule has 0 aromatic rings. The van der Waals surface area contributed by atoms with Crippen molar-refractivity contribution in [2.24, 2.45) is 0 Å². The van der Waals surface area contributed by atoms with Crippen molar-refractivity contribution in [1.82, 2.24) is 10.0 Å². The second-order valence-corrected chi connectivity index (χ2v) is 8.35. The maximum Gasteiger partial charge on any atom is 0.213 e. The van der Waals surface area contributed by atoms with Gasteiger partial charge in [-0.2, -0.15) is 11.8 Å². The Morgan fingerprint density at radius 1 is 1.28 bits per heavy atom. The smallest absolute Gasteiger partial charge is 0.213 e. The standard InChI is InChI=1S/C12H24N2O2S2/c1-17-12-6-5-10(8-12)14-18(15,16)9-11-4-2-3-7-13-11/h10-14H,2-9H2,1H3. The SMILES string of the molecule is CSC1CCC(NS(=O)(=O)CC2CCCCN2)C1. The van der Waals surface area contributed by atoms with E-state index in [2.05, 4.69) is 16.3 Å². The Labute approximate surface area is 115 Å². The number of hydrogen-bond acceptors (Lipinski definition) is 4. The monoisotopic (exact) mass is 292 g/mol. The third-order valence-corrected chi connectivity index (χ3v) is 6.53. The molecule has 106 valence electrons. The predicted octanol–water partition coefficient (Wildman–Crippen LogP) is 1.33. The zero-order chi connectivity index (χ0) is 13.0. The van der Waals surface area contributed by atoms with Crippen molar-refractivity contribution in [3.8, 4) is 0 Å². The van der Waals surface area contributed by atoms with Gasteiger partial charge in [0, 0.05) is 17.3 Å². The van der Waals surface area contributed by atoms with Crippen LogP contribution in [0.5, 0.6) is 0 Å². The summed E-state index contributed by atoms with van der Waals surface area (Å²) in [6.07, 6.45) is 8.51. The minimum absolute atomic E-state index is 0.147. The average molecular weight is 292 g/mol. The molecule has 18 heavy (non-hydrogen) atoms. The van der Waals surface area contributed by atoms with Crippen LogP contribution >= 0.6 is 11.8 Å². The molecule has 3 atom stereocenters. The summed E-state index contributed by atoms with van der Waals surface area (Å²) in [6, 6.07) is 0.310. The van der Waals surface area contributed by atoms with E-state index >= 15 is 0 Å². The van der Waals surface area contributed by atoms with E-state index in [9.17, 15) is 8.42 Å². The Hall–Kier alpha value is 0.220. The first-order chi connectivity index (χ1) is 8.59. The van der Waals surface area contributed by atoms with Crippen molar-refractivity contribution in [2.45, 2.75) is 55.9 Å². The van der Waals surface area contributed by atoms with Gasteiger partial charge in [0.1, 0.15) is 0 Å². The van der Waals surface area contributed by atoms with Crippen molar-refractivity contribution in [1.29, 1.82) is 0 Å². The number of rotatable bonds is 5. The predicted molar refractivity (Wildman–Crippen MR) is 77.5 cm³/mol. The van der Waals surface area contributed by atoms with Gasteiger partial charge in [-0.05, 0) is 44.9 Å². The summed E-state index contributed by atoms with van der Waals surface area (Å²) in [5.74, 6) is 0.243. The van der Waals surface area contributed by atoms with Crippen molar-refractivity contribution in [3.63, 3.8) is 0 Å². The van der Waals surface area contributed by atoms with Crippen molar-refractivity contribution >= 4 is 21.8 Å². The van der Waals surface area contributed by atoms with Crippen LogP contribution in [0.15, 0.2) is 0 Å². The summed E-state index contributed by atoms with van der Waals surface area (Å²) in [5.41, 5.74) is 0. The molecule has 1 aliphatic heterocycles. The molecular weight excluding hydrogens is 268 g/mol.